The molecule has 0 aromatic heterocycles. The molecule has 152 valence electrons. The molecule has 0 bridgehead atoms. The number of amides is 2. The van der Waals surface area contributed by atoms with E-state index in [4.69, 9.17) is 9.47 Å². The topological polar surface area (TPSA) is 79.9 Å². The van der Waals surface area contributed by atoms with Gasteiger partial charge in [-0.25, -0.2) is 9.59 Å². The molecular weight excluding hydrogens is 358 g/mol. The number of nitrogens with zero attached hydrogens (tertiary/aromatic N) is 1. The number of para-hydroxylation sites is 1. The molecule has 0 aliphatic carbocycles. The first-order chi connectivity index (χ1) is 13.5. The highest BCUT2D eigenvalue weighted by molar-refractivity contribution is 5.95. The van der Waals surface area contributed by atoms with Crippen LogP contribution in [0.3, 0.4) is 0 Å². The van der Waals surface area contributed by atoms with Crippen molar-refractivity contribution in [3.05, 3.63) is 41.1 Å². The average molecular weight is 387 g/mol. The number of benzene rings is 1. The van der Waals surface area contributed by atoms with Crippen molar-refractivity contribution in [2.24, 2.45) is 5.92 Å². The number of methoxy groups -OCH3 is 1. The van der Waals surface area contributed by atoms with Crippen LogP contribution in [-0.2, 0) is 9.53 Å². The van der Waals surface area contributed by atoms with Gasteiger partial charge in [-0.1, -0.05) is 25.1 Å². The molecule has 0 unspecified atom stereocenters. The summed E-state index contributed by atoms with van der Waals surface area (Å²) in [4.78, 5) is 27.5. The van der Waals surface area contributed by atoms with Crippen molar-refractivity contribution < 1.29 is 19.1 Å². The van der Waals surface area contributed by atoms with E-state index in [0.29, 0.717) is 29.5 Å². The fraction of sp³-hybridized carbons (Fsp3) is 0.524. The lowest BCUT2D eigenvalue weighted by atomic mass is 9.93. The Balaban J connectivity index is 1.99. The van der Waals surface area contributed by atoms with Gasteiger partial charge in [0, 0.05) is 17.8 Å². The van der Waals surface area contributed by atoms with Crippen LogP contribution in [0.4, 0.5) is 4.79 Å². The van der Waals surface area contributed by atoms with Crippen molar-refractivity contribution in [2.75, 3.05) is 33.4 Å². The van der Waals surface area contributed by atoms with E-state index >= 15 is 0 Å². The SMILES string of the molecule is CCOC(=O)C1=C(CN2CCC(C)CC2)NC(=O)N[C@H]1c1ccccc1OC. The Morgan fingerprint density at radius 1 is 1.25 bits per heavy atom. The van der Waals surface area contributed by atoms with Gasteiger partial charge in [0.05, 0.1) is 25.3 Å². The fourth-order valence-corrected chi connectivity index (χ4v) is 3.77. The molecule has 7 nitrogen and oxygen atoms in total. The molecule has 0 spiro atoms. The van der Waals surface area contributed by atoms with Gasteiger partial charge in [0.1, 0.15) is 5.75 Å². The minimum absolute atomic E-state index is 0.267. The quantitative estimate of drug-likeness (QED) is 0.734. The van der Waals surface area contributed by atoms with Crippen LogP contribution in [0.5, 0.6) is 5.75 Å². The van der Waals surface area contributed by atoms with Crippen LogP contribution in [0.2, 0.25) is 0 Å². The Labute approximate surface area is 166 Å². The highest BCUT2D eigenvalue weighted by Gasteiger charge is 2.35. The molecule has 2 aliphatic rings. The molecule has 0 saturated carbocycles. The van der Waals surface area contributed by atoms with Crippen LogP contribution in [0.1, 0.15) is 38.3 Å². The molecule has 1 fully saturated rings. The van der Waals surface area contributed by atoms with Crippen LogP contribution in [-0.4, -0.2) is 50.3 Å². The summed E-state index contributed by atoms with van der Waals surface area (Å²) in [5, 5.41) is 5.71. The first kappa shape index (κ1) is 20.2. The summed E-state index contributed by atoms with van der Waals surface area (Å²) in [5.74, 6) is 0.896. The number of ether oxygens (including phenoxy) is 2. The number of hydrogen-bond acceptors (Lipinski definition) is 5. The number of likely N-dealkylation sites (tertiary alicyclic amines) is 1. The molecule has 2 N–H and O–H groups in total. The van der Waals surface area contributed by atoms with Gasteiger partial charge >= 0.3 is 12.0 Å². The fourth-order valence-electron chi connectivity index (χ4n) is 3.77. The van der Waals surface area contributed by atoms with E-state index in [1.165, 1.54) is 0 Å². The van der Waals surface area contributed by atoms with E-state index in [1.54, 1.807) is 14.0 Å². The second-order valence-electron chi connectivity index (χ2n) is 7.34. The minimum Gasteiger partial charge on any atom is -0.496 e. The number of piperidine rings is 1. The predicted octanol–water partition coefficient (Wildman–Crippen LogP) is 2.60. The zero-order valence-electron chi connectivity index (χ0n) is 16.8. The van der Waals surface area contributed by atoms with Crippen LogP contribution in [0.25, 0.3) is 0 Å². The molecule has 7 heteroatoms. The Morgan fingerprint density at radius 3 is 2.64 bits per heavy atom. The molecule has 28 heavy (non-hydrogen) atoms. The molecule has 3 rings (SSSR count). The van der Waals surface area contributed by atoms with Crippen molar-refractivity contribution in [2.45, 2.75) is 32.7 Å². The molecule has 2 amide bonds. The molecule has 0 radical (unpaired) electrons. The number of esters is 1. The third-order valence-corrected chi connectivity index (χ3v) is 5.36. The maximum Gasteiger partial charge on any atom is 0.338 e. The molecule has 1 aromatic rings. The van der Waals surface area contributed by atoms with Crippen LogP contribution in [0, 0.1) is 5.92 Å². The van der Waals surface area contributed by atoms with Gasteiger partial charge in [0.15, 0.2) is 0 Å². The standard InChI is InChI=1S/C21H29N3O4/c1-4-28-20(25)18-16(13-24-11-9-14(2)10-12-24)22-21(26)23-19(18)15-7-5-6-8-17(15)27-3/h5-8,14,19H,4,9-13H2,1-3H3,(H2,22,23,26)/t19-/m0/s1. The van der Waals surface area contributed by atoms with E-state index in [2.05, 4.69) is 22.5 Å². The summed E-state index contributed by atoms with van der Waals surface area (Å²) in [5.41, 5.74) is 1.77. The van der Waals surface area contributed by atoms with Gasteiger partial charge in [0.25, 0.3) is 0 Å². The second-order valence-corrected chi connectivity index (χ2v) is 7.34. The lowest BCUT2D eigenvalue weighted by Crippen LogP contribution is -2.49. The van der Waals surface area contributed by atoms with Crippen LogP contribution in [0.15, 0.2) is 35.5 Å². The number of urea groups is 1. The van der Waals surface area contributed by atoms with Gasteiger partial charge in [0.2, 0.25) is 0 Å². The average Bonchev–Trinajstić information content (AvgIpc) is 2.69. The maximum atomic E-state index is 12.9. The van der Waals surface area contributed by atoms with Gasteiger partial charge < -0.3 is 20.1 Å². The largest absolute Gasteiger partial charge is 0.496 e. The van der Waals surface area contributed by atoms with Gasteiger partial charge in [-0.3, -0.25) is 4.90 Å². The zero-order chi connectivity index (χ0) is 20.1. The number of carbonyl (C=O) groups is 2. The molecule has 1 saturated heterocycles. The van der Waals surface area contributed by atoms with Crippen molar-refractivity contribution in [1.29, 1.82) is 0 Å². The summed E-state index contributed by atoms with van der Waals surface area (Å²) < 4.78 is 10.8. The van der Waals surface area contributed by atoms with Crippen molar-refractivity contribution in [3.8, 4) is 5.75 Å². The zero-order valence-corrected chi connectivity index (χ0v) is 16.8. The summed E-state index contributed by atoms with van der Waals surface area (Å²) in [6.45, 7) is 6.71. The predicted molar refractivity (Wildman–Crippen MR) is 106 cm³/mol. The van der Waals surface area contributed by atoms with Crippen LogP contribution >= 0.6 is 0 Å². The minimum atomic E-state index is -0.623. The lowest BCUT2D eigenvalue weighted by Gasteiger charge is -2.35. The van der Waals surface area contributed by atoms with Gasteiger partial charge in [-0.2, -0.15) is 0 Å². The molecule has 1 aromatic carbocycles. The second kappa shape index (κ2) is 9.10. The van der Waals surface area contributed by atoms with Gasteiger partial charge in [-0.15, -0.1) is 0 Å². The molecule has 1 atom stereocenters. The van der Waals surface area contributed by atoms with Crippen molar-refractivity contribution >= 4 is 12.0 Å². The van der Waals surface area contributed by atoms with E-state index in [-0.39, 0.29) is 12.6 Å². The highest BCUT2D eigenvalue weighted by atomic mass is 16.5. The first-order valence-corrected chi connectivity index (χ1v) is 9.86. The van der Waals surface area contributed by atoms with E-state index < -0.39 is 12.0 Å². The monoisotopic (exact) mass is 387 g/mol. The van der Waals surface area contributed by atoms with Crippen molar-refractivity contribution in [3.63, 3.8) is 0 Å². The third kappa shape index (κ3) is 4.47. The van der Waals surface area contributed by atoms with Crippen molar-refractivity contribution in [1.82, 2.24) is 15.5 Å². The van der Waals surface area contributed by atoms with E-state index in [1.807, 2.05) is 24.3 Å². The smallest absolute Gasteiger partial charge is 0.338 e. The molecular formula is C21H29N3O4. The maximum absolute atomic E-state index is 12.9. The highest BCUT2D eigenvalue weighted by Crippen LogP contribution is 2.34. The van der Waals surface area contributed by atoms with Crippen LogP contribution < -0.4 is 15.4 Å². The van der Waals surface area contributed by atoms with Gasteiger partial charge in [-0.05, 0) is 44.8 Å². The normalized spacial score (nSPS) is 21.1. The Bertz CT molecular complexity index is 754. The number of carbonyl (C=O) groups excluding carboxylic acids is 2. The van der Waals surface area contributed by atoms with E-state index in [9.17, 15) is 9.59 Å². The Morgan fingerprint density at radius 2 is 1.96 bits per heavy atom. The summed E-state index contributed by atoms with van der Waals surface area (Å²) in [7, 11) is 1.57. The number of nitrogens with one attached hydrogen (secondary N) is 2. The third-order valence-electron chi connectivity index (χ3n) is 5.36. The first-order valence-electron chi connectivity index (χ1n) is 9.86. The summed E-state index contributed by atoms with van der Waals surface area (Å²) in [6.07, 6.45) is 2.23. The summed E-state index contributed by atoms with van der Waals surface area (Å²) in [6, 6.07) is 6.44. The summed E-state index contributed by atoms with van der Waals surface area (Å²) >= 11 is 0. The Kier molecular flexibility index (Phi) is 6.57. The lowest BCUT2D eigenvalue weighted by molar-refractivity contribution is -0.139. The van der Waals surface area contributed by atoms with E-state index in [0.717, 1.165) is 31.5 Å². The Hall–Kier alpha value is -2.54. The number of rotatable bonds is 6. The molecule has 2 heterocycles. The number of hydrogen-bond donors (Lipinski definition) is 2. The molecule has 2 aliphatic heterocycles.